The molecule has 0 saturated carbocycles. The lowest BCUT2D eigenvalue weighted by Gasteiger charge is -2.14. The van der Waals surface area contributed by atoms with Gasteiger partial charge in [0, 0.05) is 10.6 Å². The van der Waals surface area contributed by atoms with Gasteiger partial charge in [-0.3, -0.25) is 9.59 Å². The van der Waals surface area contributed by atoms with E-state index >= 15 is 0 Å². The molecule has 3 aromatic rings. The molecule has 7 heteroatoms. The molecule has 0 heterocycles. The summed E-state index contributed by atoms with van der Waals surface area (Å²) in [7, 11) is 0. The van der Waals surface area contributed by atoms with Crippen LogP contribution in [0.4, 0.5) is 11.4 Å². The van der Waals surface area contributed by atoms with Crippen molar-refractivity contribution < 1.29 is 9.59 Å². The molecule has 0 aliphatic heterocycles. The third-order valence-corrected chi connectivity index (χ3v) is 6.13. The van der Waals surface area contributed by atoms with Crippen molar-refractivity contribution in [3.8, 4) is 0 Å². The van der Waals surface area contributed by atoms with Crippen molar-refractivity contribution in [2.24, 2.45) is 0 Å². The molecule has 154 valence electrons. The highest BCUT2D eigenvalue weighted by atomic mass is 35.5. The molecule has 4 nitrogen and oxygen atoms in total. The molecular formula is C23H20Cl2N2O2S. The van der Waals surface area contributed by atoms with Crippen LogP contribution < -0.4 is 10.6 Å². The molecular weight excluding hydrogens is 439 g/mol. The van der Waals surface area contributed by atoms with Crippen molar-refractivity contribution in [3.63, 3.8) is 0 Å². The van der Waals surface area contributed by atoms with Crippen LogP contribution in [0.5, 0.6) is 0 Å². The second-order valence-corrected chi connectivity index (χ2v) is 8.79. The van der Waals surface area contributed by atoms with E-state index in [2.05, 4.69) is 10.6 Å². The lowest BCUT2D eigenvalue weighted by Crippen LogP contribution is -2.22. The monoisotopic (exact) mass is 458 g/mol. The zero-order valence-corrected chi connectivity index (χ0v) is 18.5. The molecule has 0 bridgehead atoms. The van der Waals surface area contributed by atoms with Gasteiger partial charge in [-0.15, -0.1) is 11.8 Å². The second-order valence-electron chi connectivity index (χ2n) is 6.59. The van der Waals surface area contributed by atoms with E-state index in [1.807, 2.05) is 54.6 Å². The maximum absolute atomic E-state index is 12.5. The molecule has 1 unspecified atom stereocenters. The molecule has 30 heavy (non-hydrogen) atoms. The summed E-state index contributed by atoms with van der Waals surface area (Å²) in [5.41, 5.74) is 2.11. The first-order chi connectivity index (χ1) is 14.4. The molecule has 3 rings (SSSR count). The Morgan fingerprint density at radius 1 is 0.933 bits per heavy atom. The highest BCUT2D eigenvalue weighted by Gasteiger charge is 2.17. The van der Waals surface area contributed by atoms with Gasteiger partial charge >= 0.3 is 0 Å². The van der Waals surface area contributed by atoms with E-state index in [9.17, 15) is 9.59 Å². The fourth-order valence-electron chi connectivity index (χ4n) is 2.73. The minimum atomic E-state index is -0.379. The molecule has 0 aromatic heterocycles. The highest BCUT2D eigenvalue weighted by Crippen LogP contribution is 2.31. The number of anilines is 2. The maximum atomic E-state index is 12.5. The van der Waals surface area contributed by atoms with Crippen LogP contribution in [0.2, 0.25) is 10.0 Å². The Morgan fingerprint density at radius 2 is 1.67 bits per heavy atom. The van der Waals surface area contributed by atoms with Gasteiger partial charge in [0.1, 0.15) is 0 Å². The average molecular weight is 459 g/mol. The van der Waals surface area contributed by atoms with Crippen molar-refractivity contribution >= 4 is 58.2 Å². The van der Waals surface area contributed by atoms with Crippen LogP contribution >= 0.6 is 35.0 Å². The zero-order chi connectivity index (χ0) is 21.5. The Bertz CT molecular complexity index is 1040. The summed E-state index contributed by atoms with van der Waals surface area (Å²) in [6.07, 6.45) is 0.303. The Morgan fingerprint density at radius 3 is 2.43 bits per heavy atom. The summed E-state index contributed by atoms with van der Waals surface area (Å²) in [5.74, 6) is -0.285. The van der Waals surface area contributed by atoms with Crippen LogP contribution in [0.3, 0.4) is 0 Å². The van der Waals surface area contributed by atoms with E-state index in [0.717, 1.165) is 10.5 Å². The largest absolute Gasteiger partial charge is 0.326 e. The van der Waals surface area contributed by atoms with Gasteiger partial charge in [-0.2, -0.15) is 0 Å². The lowest BCUT2D eigenvalue weighted by atomic mass is 10.1. The normalized spacial score (nSPS) is 11.6. The predicted molar refractivity (Wildman–Crippen MR) is 126 cm³/mol. The van der Waals surface area contributed by atoms with Crippen LogP contribution in [0.1, 0.15) is 12.5 Å². The minimum absolute atomic E-state index is 0.0928. The molecule has 1 atom stereocenters. The summed E-state index contributed by atoms with van der Waals surface area (Å²) < 4.78 is 0. The first-order valence-corrected chi connectivity index (χ1v) is 10.9. The van der Waals surface area contributed by atoms with Crippen LogP contribution in [0.15, 0.2) is 77.7 Å². The Hall–Kier alpha value is -2.47. The third-order valence-electron chi connectivity index (χ3n) is 4.22. The van der Waals surface area contributed by atoms with Crippen molar-refractivity contribution in [1.82, 2.24) is 0 Å². The number of hydrogen-bond acceptors (Lipinski definition) is 3. The molecule has 0 fully saturated rings. The van der Waals surface area contributed by atoms with E-state index in [0.29, 0.717) is 27.8 Å². The van der Waals surface area contributed by atoms with Crippen molar-refractivity contribution in [2.45, 2.75) is 23.5 Å². The summed E-state index contributed by atoms with van der Waals surface area (Å²) in [4.78, 5) is 25.7. The van der Waals surface area contributed by atoms with Crippen molar-refractivity contribution in [1.29, 1.82) is 0 Å². The Balaban J connectivity index is 1.59. The fourth-order valence-corrected chi connectivity index (χ4v) is 4.00. The number of carbonyl (C=O) groups excluding carboxylic acids is 2. The number of carbonyl (C=O) groups is 2. The number of halogens is 2. The number of amides is 2. The van der Waals surface area contributed by atoms with Gasteiger partial charge in [0.15, 0.2) is 0 Å². The molecule has 2 N–H and O–H groups in total. The molecule has 0 spiro atoms. The van der Waals surface area contributed by atoms with Crippen LogP contribution in [0, 0.1) is 0 Å². The van der Waals surface area contributed by atoms with Gasteiger partial charge in [-0.05, 0) is 42.8 Å². The van der Waals surface area contributed by atoms with E-state index in [-0.39, 0.29) is 17.1 Å². The van der Waals surface area contributed by atoms with Gasteiger partial charge in [-0.1, -0.05) is 65.7 Å². The molecule has 0 radical (unpaired) electrons. The van der Waals surface area contributed by atoms with Gasteiger partial charge in [0.05, 0.1) is 27.4 Å². The molecule has 3 aromatic carbocycles. The van der Waals surface area contributed by atoms with Gasteiger partial charge in [-0.25, -0.2) is 0 Å². The number of benzene rings is 3. The summed E-state index contributed by atoms with van der Waals surface area (Å²) in [5, 5.41) is 6.02. The van der Waals surface area contributed by atoms with E-state index in [1.54, 1.807) is 25.1 Å². The highest BCUT2D eigenvalue weighted by molar-refractivity contribution is 8.00. The number of nitrogens with one attached hydrogen (secondary N) is 2. The Labute approximate surface area is 190 Å². The zero-order valence-electron chi connectivity index (χ0n) is 16.2. The van der Waals surface area contributed by atoms with Crippen LogP contribution in [-0.4, -0.2) is 17.1 Å². The SMILES string of the molecule is CC(Sc1cccc(NC(=O)Cc2ccccc2)c1)C(=O)Nc1cccc(Cl)c1Cl. The first kappa shape index (κ1) is 22.2. The van der Waals surface area contributed by atoms with E-state index < -0.39 is 0 Å². The van der Waals surface area contributed by atoms with Crippen molar-refractivity contribution in [3.05, 3.63) is 88.4 Å². The number of hydrogen-bond donors (Lipinski definition) is 2. The topological polar surface area (TPSA) is 58.2 Å². The van der Waals surface area contributed by atoms with E-state index in [4.69, 9.17) is 23.2 Å². The van der Waals surface area contributed by atoms with E-state index in [1.165, 1.54) is 11.8 Å². The summed E-state index contributed by atoms with van der Waals surface area (Å²) in [6.45, 7) is 1.80. The second kappa shape index (κ2) is 10.5. The molecule has 0 aliphatic carbocycles. The molecule has 0 saturated heterocycles. The molecule has 2 amide bonds. The Kier molecular flexibility index (Phi) is 7.80. The fraction of sp³-hybridized carbons (Fsp3) is 0.130. The van der Waals surface area contributed by atoms with Crippen LogP contribution in [0.25, 0.3) is 0 Å². The van der Waals surface area contributed by atoms with Gasteiger partial charge in [0.2, 0.25) is 11.8 Å². The predicted octanol–water partition coefficient (Wildman–Crippen LogP) is 6.29. The quantitative estimate of drug-likeness (QED) is 0.408. The maximum Gasteiger partial charge on any atom is 0.237 e. The standard InChI is InChI=1S/C23H20Cl2N2O2S/c1-15(23(29)27-20-12-6-11-19(24)22(20)25)30-18-10-5-9-17(14-18)26-21(28)13-16-7-3-2-4-8-16/h2-12,14-15H,13H2,1H3,(H,26,28)(H,27,29). The van der Waals surface area contributed by atoms with Gasteiger partial charge in [0.25, 0.3) is 0 Å². The average Bonchev–Trinajstić information content (AvgIpc) is 2.72. The molecule has 0 aliphatic rings. The third kappa shape index (κ3) is 6.26. The first-order valence-electron chi connectivity index (χ1n) is 9.28. The van der Waals surface area contributed by atoms with Crippen LogP contribution in [-0.2, 0) is 16.0 Å². The lowest BCUT2D eigenvalue weighted by molar-refractivity contribution is -0.116. The summed E-state index contributed by atoms with van der Waals surface area (Å²) in [6, 6.07) is 22.1. The van der Waals surface area contributed by atoms with Gasteiger partial charge < -0.3 is 10.6 Å². The van der Waals surface area contributed by atoms with Crippen molar-refractivity contribution in [2.75, 3.05) is 10.6 Å². The minimum Gasteiger partial charge on any atom is -0.326 e. The summed E-state index contributed by atoms with van der Waals surface area (Å²) >= 11 is 13.5. The smallest absolute Gasteiger partial charge is 0.237 e. The number of rotatable bonds is 7. The number of thioether (sulfide) groups is 1.